The predicted molar refractivity (Wildman–Crippen MR) is 88.0 cm³/mol. The van der Waals surface area contributed by atoms with Crippen LogP contribution >= 0.6 is 0 Å². The van der Waals surface area contributed by atoms with Crippen LogP contribution < -0.4 is 9.84 Å². The highest BCUT2D eigenvalue weighted by molar-refractivity contribution is 5.87. The van der Waals surface area contributed by atoms with Crippen molar-refractivity contribution in [3.8, 4) is 5.75 Å². The lowest BCUT2D eigenvalue weighted by molar-refractivity contribution is -0.386. The summed E-state index contributed by atoms with van der Waals surface area (Å²) in [5.41, 5.74) is -0.996. The lowest BCUT2D eigenvalue weighted by atomic mass is 9.73. The van der Waals surface area contributed by atoms with E-state index < -0.39 is 16.5 Å². The third-order valence-corrected chi connectivity index (χ3v) is 6.55. The Hall–Kier alpha value is -2.37. The topological polar surface area (TPSA) is 92.5 Å². The normalized spacial score (nSPS) is 35.4. The highest BCUT2D eigenvalue weighted by atomic mass is 16.6. The van der Waals surface area contributed by atoms with Crippen molar-refractivity contribution < 1.29 is 19.6 Å². The number of benzene rings is 1. The van der Waals surface area contributed by atoms with E-state index in [9.17, 15) is 20.0 Å². The number of carbonyl (C=O) groups is 1. The first-order chi connectivity index (χ1) is 11.9. The summed E-state index contributed by atoms with van der Waals surface area (Å²) in [4.78, 5) is 21.9. The number of rotatable bonds is 5. The molecule has 0 aromatic heterocycles. The van der Waals surface area contributed by atoms with Gasteiger partial charge < -0.3 is 14.6 Å². The van der Waals surface area contributed by atoms with Gasteiger partial charge in [-0.05, 0) is 61.6 Å². The Morgan fingerprint density at radius 2 is 2.12 bits per heavy atom. The summed E-state index contributed by atoms with van der Waals surface area (Å²) >= 11 is 0. The van der Waals surface area contributed by atoms with E-state index in [-0.39, 0.29) is 17.0 Å². The second-order valence-corrected chi connectivity index (χ2v) is 7.55. The summed E-state index contributed by atoms with van der Waals surface area (Å²) in [5.74, 6) is 0.809. The molecule has 0 heterocycles. The summed E-state index contributed by atoms with van der Waals surface area (Å²) in [6.45, 7) is 3.95. The molecule has 0 saturated heterocycles. The van der Waals surface area contributed by atoms with Crippen LogP contribution in [0.2, 0.25) is 0 Å². The molecule has 6 heteroatoms. The Balaban J connectivity index is 1.71. The zero-order valence-electron chi connectivity index (χ0n) is 13.8. The van der Waals surface area contributed by atoms with Crippen molar-refractivity contribution in [3.63, 3.8) is 0 Å². The first-order valence-electron chi connectivity index (χ1n) is 8.77. The highest BCUT2D eigenvalue weighted by Crippen LogP contribution is 2.63. The lowest BCUT2D eigenvalue weighted by Gasteiger charge is -2.40. The number of carboxylic acid groups (broad SMARTS) is 1. The Morgan fingerprint density at radius 3 is 2.80 bits per heavy atom. The fourth-order valence-corrected chi connectivity index (χ4v) is 5.61. The van der Waals surface area contributed by atoms with Gasteiger partial charge in [-0.25, -0.2) is 0 Å². The van der Waals surface area contributed by atoms with Crippen LogP contribution in [0.15, 0.2) is 30.9 Å². The minimum atomic E-state index is -1.38. The number of hydrogen-bond acceptors (Lipinski definition) is 5. The Labute approximate surface area is 145 Å². The highest BCUT2D eigenvalue weighted by Gasteiger charge is 2.61. The van der Waals surface area contributed by atoms with Crippen LogP contribution in [-0.2, 0) is 0 Å². The van der Waals surface area contributed by atoms with Crippen molar-refractivity contribution in [1.29, 1.82) is 0 Å². The van der Waals surface area contributed by atoms with Crippen molar-refractivity contribution >= 4 is 11.7 Å². The second kappa shape index (κ2) is 5.58. The molecule has 0 aliphatic heterocycles. The molecule has 0 N–H and O–H groups in total. The van der Waals surface area contributed by atoms with Crippen molar-refractivity contribution in [2.45, 2.75) is 37.7 Å². The maximum atomic E-state index is 11.3. The SMILES string of the molecule is C=CC1(Oc2cc(C(=O)[O-])ccc2[N+](=O)[O-])CC2CC1C1CCCC21. The minimum Gasteiger partial charge on any atom is -0.545 e. The standard InChI is InChI=1S/C19H21NO5/c1-2-19(10-12-8-15(19)14-5-3-4-13(12)14)25-17-9-11(18(21)22)6-7-16(17)20(23)24/h2,6-7,9,12-15H,1,3-5,8,10H2,(H,21,22)/p-1. The van der Waals surface area contributed by atoms with Crippen LogP contribution in [0.4, 0.5) is 5.69 Å². The summed E-state index contributed by atoms with van der Waals surface area (Å²) < 4.78 is 6.19. The third-order valence-electron chi connectivity index (χ3n) is 6.55. The molecule has 25 heavy (non-hydrogen) atoms. The van der Waals surface area contributed by atoms with Crippen LogP contribution in [0.1, 0.15) is 42.5 Å². The van der Waals surface area contributed by atoms with E-state index in [0.717, 1.165) is 18.8 Å². The van der Waals surface area contributed by atoms with Crippen LogP contribution in [-0.4, -0.2) is 16.5 Å². The Morgan fingerprint density at radius 1 is 1.36 bits per heavy atom. The van der Waals surface area contributed by atoms with Crippen LogP contribution in [0.5, 0.6) is 5.75 Å². The zero-order valence-corrected chi connectivity index (χ0v) is 13.8. The molecule has 3 fully saturated rings. The molecular formula is C19H20NO5-. The molecule has 1 aromatic rings. The van der Waals surface area contributed by atoms with E-state index in [4.69, 9.17) is 4.74 Å². The molecule has 0 amide bonds. The summed E-state index contributed by atoms with van der Waals surface area (Å²) in [6, 6.07) is 3.55. The number of nitro groups is 1. The summed E-state index contributed by atoms with van der Waals surface area (Å²) in [6.07, 6.45) is 7.31. The molecule has 1 aromatic carbocycles. The largest absolute Gasteiger partial charge is 0.545 e. The van der Waals surface area contributed by atoms with Gasteiger partial charge in [0.25, 0.3) is 0 Å². The quantitative estimate of drug-likeness (QED) is 0.466. The number of carbonyl (C=O) groups excluding carboxylic acids is 1. The lowest BCUT2D eigenvalue weighted by Crippen LogP contribution is -2.44. The molecule has 2 bridgehead atoms. The van der Waals surface area contributed by atoms with Gasteiger partial charge in [0.05, 0.1) is 10.9 Å². The van der Waals surface area contributed by atoms with Gasteiger partial charge in [-0.1, -0.05) is 13.0 Å². The molecule has 132 valence electrons. The van der Waals surface area contributed by atoms with Gasteiger partial charge in [0.1, 0.15) is 5.60 Å². The van der Waals surface area contributed by atoms with E-state index in [0.29, 0.717) is 17.8 Å². The third kappa shape index (κ3) is 2.34. The smallest absolute Gasteiger partial charge is 0.311 e. The number of ether oxygens (including phenoxy) is 1. The van der Waals surface area contributed by atoms with E-state index in [2.05, 4.69) is 6.58 Å². The number of fused-ring (bicyclic) bond motifs is 5. The minimum absolute atomic E-state index is 0.00584. The van der Waals surface area contributed by atoms with Gasteiger partial charge in [0.15, 0.2) is 5.75 Å². The molecule has 5 unspecified atom stereocenters. The average molecular weight is 342 g/mol. The van der Waals surface area contributed by atoms with Gasteiger partial charge in [-0.2, -0.15) is 0 Å². The van der Waals surface area contributed by atoms with Gasteiger partial charge >= 0.3 is 5.69 Å². The molecule has 4 rings (SSSR count). The Bertz CT molecular complexity index is 760. The molecular weight excluding hydrogens is 322 g/mol. The fourth-order valence-electron chi connectivity index (χ4n) is 5.61. The molecule has 3 aliphatic carbocycles. The monoisotopic (exact) mass is 342 g/mol. The first kappa shape index (κ1) is 16.1. The van der Waals surface area contributed by atoms with E-state index >= 15 is 0 Å². The number of hydrogen-bond donors (Lipinski definition) is 0. The van der Waals surface area contributed by atoms with Gasteiger partial charge in [-0.15, -0.1) is 0 Å². The summed E-state index contributed by atoms with van der Waals surface area (Å²) in [5, 5.41) is 22.5. The zero-order chi connectivity index (χ0) is 17.8. The van der Waals surface area contributed by atoms with Crippen molar-refractivity contribution in [2.24, 2.45) is 23.7 Å². The Kier molecular flexibility index (Phi) is 3.60. The van der Waals surface area contributed by atoms with Crippen molar-refractivity contribution in [2.75, 3.05) is 0 Å². The second-order valence-electron chi connectivity index (χ2n) is 7.55. The van der Waals surface area contributed by atoms with Gasteiger partial charge in [-0.3, -0.25) is 10.1 Å². The number of nitro benzene ring substituents is 1. The molecule has 3 saturated carbocycles. The number of carboxylic acids is 1. The predicted octanol–water partition coefficient (Wildman–Crippen LogP) is 2.72. The van der Waals surface area contributed by atoms with Crippen LogP contribution in [0, 0.1) is 33.8 Å². The van der Waals surface area contributed by atoms with Crippen LogP contribution in [0.25, 0.3) is 0 Å². The molecule has 6 nitrogen and oxygen atoms in total. The maximum Gasteiger partial charge on any atom is 0.311 e. The van der Waals surface area contributed by atoms with Gasteiger partial charge in [0.2, 0.25) is 0 Å². The maximum absolute atomic E-state index is 11.3. The van der Waals surface area contributed by atoms with E-state index in [1.807, 2.05) is 0 Å². The number of aromatic carboxylic acids is 1. The molecule has 5 atom stereocenters. The van der Waals surface area contributed by atoms with E-state index in [1.54, 1.807) is 6.08 Å². The fraction of sp³-hybridized carbons (Fsp3) is 0.526. The van der Waals surface area contributed by atoms with E-state index in [1.165, 1.54) is 37.5 Å². The number of nitrogens with zero attached hydrogens (tertiary/aromatic N) is 1. The molecule has 0 radical (unpaired) electrons. The molecule has 3 aliphatic rings. The van der Waals surface area contributed by atoms with Gasteiger partial charge in [0, 0.05) is 17.5 Å². The first-order valence-corrected chi connectivity index (χ1v) is 8.77. The average Bonchev–Trinajstić information content (AvgIpc) is 3.26. The summed E-state index contributed by atoms with van der Waals surface area (Å²) in [7, 11) is 0. The van der Waals surface area contributed by atoms with Crippen LogP contribution in [0.3, 0.4) is 0 Å². The van der Waals surface area contributed by atoms with Crippen molar-refractivity contribution in [3.05, 3.63) is 46.5 Å². The molecule has 0 spiro atoms. The van der Waals surface area contributed by atoms with Crippen molar-refractivity contribution in [1.82, 2.24) is 0 Å².